The Bertz CT molecular complexity index is 851. The SMILES string of the molecule is O=C(N[C@@H]1CCCC[C@H]1CN1CCC(C2CCCC2)CC1)c1ccc(-n2cccn2)nc1. The maximum atomic E-state index is 13.0. The van der Waals surface area contributed by atoms with Crippen molar-refractivity contribution in [3.8, 4) is 5.82 Å². The minimum Gasteiger partial charge on any atom is -0.349 e. The summed E-state index contributed by atoms with van der Waals surface area (Å²) in [4.78, 5) is 20.1. The molecule has 0 spiro atoms. The van der Waals surface area contributed by atoms with Crippen LogP contribution in [0.5, 0.6) is 0 Å². The van der Waals surface area contributed by atoms with Gasteiger partial charge < -0.3 is 10.2 Å². The number of pyridine rings is 1. The summed E-state index contributed by atoms with van der Waals surface area (Å²) in [6.07, 6.45) is 18.7. The molecule has 1 aliphatic heterocycles. The van der Waals surface area contributed by atoms with Crippen LogP contribution in [-0.2, 0) is 0 Å². The van der Waals surface area contributed by atoms with Crippen molar-refractivity contribution in [3.63, 3.8) is 0 Å². The lowest BCUT2D eigenvalue weighted by Gasteiger charge is -2.40. The lowest BCUT2D eigenvalue weighted by molar-refractivity contribution is 0.0845. The van der Waals surface area contributed by atoms with Gasteiger partial charge in [-0.2, -0.15) is 5.10 Å². The van der Waals surface area contributed by atoms with Gasteiger partial charge in [-0.25, -0.2) is 9.67 Å². The predicted octanol–water partition coefficient (Wildman–Crippen LogP) is 4.46. The van der Waals surface area contributed by atoms with Crippen LogP contribution in [0.15, 0.2) is 36.8 Å². The van der Waals surface area contributed by atoms with Crippen molar-refractivity contribution in [2.75, 3.05) is 19.6 Å². The number of carbonyl (C=O) groups is 1. The van der Waals surface area contributed by atoms with Crippen molar-refractivity contribution < 1.29 is 4.79 Å². The minimum absolute atomic E-state index is 0.00126. The molecular weight excluding hydrogens is 398 g/mol. The zero-order chi connectivity index (χ0) is 21.8. The van der Waals surface area contributed by atoms with Crippen LogP contribution < -0.4 is 5.32 Å². The lowest BCUT2D eigenvalue weighted by Crippen LogP contribution is -2.48. The molecule has 2 atom stereocenters. The molecule has 1 N–H and O–H groups in total. The Morgan fingerprint density at radius 1 is 0.969 bits per heavy atom. The standard InChI is InChI=1S/C26H37N5O/c32-26(22-10-11-25(27-18-22)31-15-5-14-28-31)29-24-9-4-3-8-23(24)19-30-16-12-21(13-17-30)20-6-1-2-7-20/h5,10-11,14-15,18,20-21,23-24H,1-4,6-9,12-13,16-17,19H2,(H,29,32)/t23-,24+/m0/s1. The Morgan fingerprint density at radius 3 is 2.44 bits per heavy atom. The summed E-state index contributed by atoms with van der Waals surface area (Å²) in [7, 11) is 0. The lowest BCUT2D eigenvalue weighted by atomic mass is 9.81. The quantitative estimate of drug-likeness (QED) is 0.728. The molecule has 3 aliphatic rings. The molecule has 1 saturated heterocycles. The molecule has 0 aromatic carbocycles. The first-order valence-corrected chi connectivity index (χ1v) is 12.8. The summed E-state index contributed by atoms with van der Waals surface area (Å²) in [5, 5.41) is 7.55. The van der Waals surface area contributed by atoms with Crippen molar-refractivity contribution in [2.45, 2.75) is 70.3 Å². The first-order valence-electron chi connectivity index (χ1n) is 12.8. The number of piperidine rings is 1. The summed E-state index contributed by atoms with van der Waals surface area (Å²) in [5.41, 5.74) is 0.627. The third-order valence-corrected chi connectivity index (χ3v) is 8.17. The van der Waals surface area contributed by atoms with Crippen LogP contribution in [0.2, 0.25) is 0 Å². The second-order valence-corrected chi connectivity index (χ2v) is 10.2. The van der Waals surface area contributed by atoms with Gasteiger partial charge >= 0.3 is 0 Å². The Morgan fingerprint density at radius 2 is 1.72 bits per heavy atom. The van der Waals surface area contributed by atoms with Gasteiger partial charge in [-0.05, 0) is 74.7 Å². The van der Waals surface area contributed by atoms with Gasteiger partial charge in [0.25, 0.3) is 5.91 Å². The number of hydrogen-bond acceptors (Lipinski definition) is 4. The molecule has 5 rings (SSSR count). The van der Waals surface area contributed by atoms with E-state index in [1.165, 1.54) is 70.9 Å². The van der Waals surface area contributed by atoms with E-state index in [9.17, 15) is 4.79 Å². The number of likely N-dealkylation sites (tertiary alicyclic amines) is 1. The Balaban J connectivity index is 1.14. The number of amides is 1. The summed E-state index contributed by atoms with van der Waals surface area (Å²) in [6.45, 7) is 3.63. The second-order valence-electron chi connectivity index (χ2n) is 10.2. The van der Waals surface area contributed by atoms with E-state index in [0.29, 0.717) is 11.5 Å². The van der Waals surface area contributed by atoms with Crippen LogP contribution >= 0.6 is 0 Å². The van der Waals surface area contributed by atoms with Crippen molar-refractivity contribution in [3.05, 3.63) is 42.4 Å². The third-order valence-electron chi connectivity index (χ3n) is 8.17. The number of hydrogen-bond donors (Lipinski definition) is 1. The minimum atomic E-state index is 0.00126. The van der Waals surface area contributed by atoms with Crippen LogP contribution in [0, 0.1) is 17.8 Å². The fourth-order valence-corrected chi connectivity index (χ4v) is 6.30. The number of nitrogens with zero attached hydrogens (tertiary/aromatic N) is 4. The Kier molecular flexibility index (Phi) is 6.86. The molecule has 2 aromatic heterocycles. The molecule has 2 aliphatic carbocycles. The third kappa shape index (κ3) is 5.06. The van der Waals surface area contributed by atoms with Crippen molar-refractivity contribution in [1.29, 1.82) is 0 Å². The van der Waals surface area contributed by atoms with Gasteiger partial charge in [0.1, 0.15) is 0 Å². The van der Waals surface area contributed by atoms with Crippen LogP contribution in [-0.4, -0.2) is 51.2 Å². The van der Waals surface area contributed by atoms with Gasteiger partial charge in [0.05, 0.1) is 5.56 Å². The highest BCUT2D eigenvalue weighted by Crippen LogP contribution is 2.37. The second kappa shape index (κ2) is 10.2. The largest absolute Gasteiger partial charge is 0.349 e. The van der Waals surface area contributed by atoms with Crippen LogP contribution in [0.3, 0.4) is 0 Å². The maximum absolute atomic E-state index is 13.0. The van der Waals surface area contributed by atoms with Crippen molar-refractivity contribution in [2.24, 2.45) is 17.8 Å². The smallest absolute Gasteiger partial charge is 0.253 e. The predicted molar refractivity (Wildman–Crippen MR) is 126 cm³/mol. The summed E-state index contributed by atoms with van der Waals surface area (Å²) < 4.78 is 1.70. The highest BCUT2D eigenvalue weighted by atomic mass is 16.1. The number of nitrogens with one attached hydrogen (secondary N) is 1. The van der Waals surface area contributed by atoms with E-state index in [1.54, 1.807) is 17.1 Å². The maximum Gasteiger partial charge on any atom is 0.253 e. The van der Waals surface area contributed by atoms with Gasteiger partial charge in [-0.3, -0.25) is 4.79 Å². The van der Waals surface area contributed by atoms with E-state index in [-0.39, 0.29) is 11.9 Å². The normalized spacial score (nSPS) is 25.8. The highest BCUT2D eigenvalue weighted by Gasteiger charge is 2.32. The molecule has 3 heterocycles. The van der Waals surface area contributed by atoms with Crippen molar-refractivity contribution in [1.82, 2.24) is 25.0 Å². The van der Waals surface area contributed by atoms with E-state index in [0.717, 1.165) is 30.6 Å². The number of aromatic nitrogens is 3. The molecule has 0 bridgehead atoms. The summed E-state index contributed by atoms with van der Waals surface area (Å²) in [6, 6.07) is 5.84. The van der Waals surface area contributed by atoms with Gasteiger partial charge in [-0.1, -0.05) is 38.5 Å². The van der Waals surface area contributed by atoms with Gasteiger partial charge in [0.2, 0.25) is 0 Å². The zero-order valence-electron chi connectivity index (χ0n) is 19.2. The fraction of sp³-hybridized carbons (Fsp3) is 0.654. The van der Waals surface area contributed by atoms with E-state index in [2.05, 4.69) is 20.3 Å². The molecule has 0 radical (unpaired) electrons. The highest BCUT2D eigenvalue weighted by molar-refractivity contribution is 5.94. The average molecular weight is 436 g/mol. The molecule has 2 saturated carbocycles. The van der Waals surface area contributed by atoms with E-state index >= 15 is 0 Å². The molecular formula is C26H37N5O. The van der Waals surface area contributed by atoms with Gasteiger partial charge in [0, 0.05) is 31.2 Å². The summed E-state index contributed by atoms with van der Waals surface area (Å²) in [5.74, 6) is 3.26. The monoisotopic (exact) mass is 435 g/mol. The van der Waals surface area contributed by atoms with Gasteiger partial charge in [-0.15, -0.1) is 0 Å². The Labute approximate surface area is 191 Å². The first-order chi connectivity index (χ1) is 15.8. The number of rotatable bonds is 6. The van der Waals surface area contributed by atoms with E-state index in [4.69, 9.17) is 0 Å². The first kappa shape index (κ1) is 21.6. The van der Waals surface area contributed by atoms with E-state index < -0.39 is 0 Å². The van der Waals surface area contributed by atoms with Crippen molar-refractivity contribution >= 4 is 5.91 Å². The molecule has 1 amide bonds. The topological polar surface area (TPSA) is 63.1 Å². The molecule has 3 fully saturated rings. The average Bonchev–Trinajstić information content (AvgIpc) is 3.56. The van der Waals surface area contributed by atoms with Crippen LogP contribution in [0.25, 0.3) is 5.82 Å². The molecule has 6 heteroatoms. The Hall–Kier alpha value is -2.21. The van der Waals surface area contributed by atoms with Crippen LogP contribution in [0.1, 0.15) is 74.6 Å². The van der Waals surface area contributed by atoms with Crippen LogP contribution in [0.4, 0.5) is 0 Å². The molecule has 172 valence electrons. The fourth-order valence-electron chi connectivity index (χ4n) is 6.30. The van der Waals surface area contributed by atoms with Gasteiger partial charge in [0.15, 0.2) is 5.82 Å². The van der Waals surface area contributed by atoms with E-state index in [1.807, 2.05) is 24.4 Å². The number of carbonyl (C=O) groups excluding carboxylic acids is 1. The molecule has 0 unspecified atom stereocenters. The molecule has 32 heavy (non-hydrogen) atoms. The zero-order valence-corrected chi connectivity index (χ0v) is 19.2. The molecule has 2 aromatic rings. The summed E-state index contributed by atoms with van der Waals surface area (Å²) >= 11 is 0. The molecule has 6 nitrogen and oxygen atoms in total.